The second-order valence-corrected chi connectivity index (χ2v) is 4.03. The topological polar surface area (TPSA) is 61.6 Å². The number of benzene rings is 2. The van der Waals surface area contributed by atoms with Crippen molar-refractivity contribution in [2.75, 3.05) is 7.11 Å². The van der Waals surface area contributed by atoms with Gasteiger partial charge in [-0.1, -0.05) is 12.1 Å². The van der Waals surface area contributed by atoms with Gasteiger partial charge in [-0.15, -0.1) is 0 Å². The van der Waals surface area contributed by atoms with Crippen molar-refractivity contribution >= 4 is 5.91 Å². The number of amides is 1. The number of carbonyl (C=O) groups is 1. The largest absolute Gasteiger partial charge is 0.497 e. The molecule has 0 aromatic heterocycles. The second kappa shape index (κ2) is 5.91. The van der Waals surface area contributed by atoms with Gasteiger partial charge in [0.2, 0.25) is 5.91 Å². The van der Waals surface area contributed by atoms with E-state index in [1.807, 2.05) is 30.3 Å². The molecule has 0 aliphatic heterocycles. The van der Waals surface area contributed by atoms with E-state index in [4.69, 9.17) is 15.2 Å². The SMILES string of the molecule is COc1ccc(OCc2cccc(C(N)=O)c2)cc1. The third-order valence-electron chi connectivity index (χ3n) is 2.68. The average Bonchev–Trinajstić information content (AvgIpc) is 2.46. The predicted octanol–water partition coefficient (Wildman–Crippen LogP) is 2.37. The third-order valence-corrected chi connectivity index (χ3v) is 2.68. The Hall–Kier alpha value is -2.49. The highest BCUT2D eigenvalue weighted by atomic mass is 16.5. The van der Waals surface area contributed by atoms with Crippen molar-refractivity contribution in [3.63, 3.8) is 0 Å². The minimum Gasteiger partial charge on any atom is -0.497 e. The number of primary amides is 1. The van der Waals surface area contributed by atoms with Crippen molar-refractivity contribution < 1.29 is 14.3 Å². The standard InChI is InChI=1S/C15H15NO3/c1-18-13-5-7-14(8-6-13)19-10-11-3-2-4-12(9-11)15(16)17/h2-9H,10H2,1H3,(H2,16,17). The lowest BCUT2D eigenvalue weighted by atomic mass is 10.1. The van der Waals surface area contributed by atoms with Crippen LogP contribution in [-0.2, 0) is 6.61 Å². The van der Waals surface area contributed by atoms with E-state index < -0.39 is 5.91 Å². The fourth-order valence-electron chi connectivity index (χ4n) is 1.65. The minimum atomic E-state index is -0.439. The lowest BCUT2D eigenvalue weighted by Gasteiger charge is -2.07. The Kier molecular flexibility index (Phi) is 4.03. The van der Waals surface area contributed by atoms with Crippen LogP contribution in [0.3, 0.4) is 0 Å². The second-order valence-electron chi connectivity index (χ2n) is 4.03. The van der Waals surface area contributed by atoms with E-state index in [2.05, 4.69) is 0 Å². The van der Waals surface area contributed by atoms with Crippen LogP contribution in [0.25, 0.3) is 0 Å². The summed E-state index contributed by atoms with van der Waals surface area (Å²) in [7, 11) is 1.62. The molecule has 98 valence electrons. The lowest BCUT2D eigenvalue weighted by Crippen LogP contribution is -2.11. The Morgan fingerprint density at radius 1 is 1.11 bits per heavy atom. The number of methoxy groups -OCH3 is 1. The van der Waals surface area contributed by atoms with Crippen molar-refractivity contribution in [1.29, 1.82) is 0 Å². The molecule has 2 N–H and O–H groups in total. The molecule has 0 saturated carbocycles. The molecule has 0 saturated heterocycles. The van der Waals surface area contributed by atoms with Crippen LogP contribution >= 0.6 is 0 Å². The molecule has 0 radical (unpaired) electrons. The van der Waals surface area contributed by atoms with Gasteiger partial charge >= 0.3 is 0 Å². The fourth-order valence-corrected chi connectivity index (χ4v) is 1.65. The van der Waals surface area contributed by atoms with E-state index >= 15 is 0 Å². The zero-order valence-electron chi connectivity index (χ0n) is 10.6. The molecule has 2 aromatic carbocycles. The summed E-state index contributed by atoms with van der Waals surface area (Å²) in [6, 6.07) is 14.4. The summed E-state index contributed by atoms with van der Waals surface area (Å²) in [6.45, 7) is 0.382. The molecule has 0 atom stereocenters. The van der Waals surface area contributed by atoms with Gasteiger partial charge in [-0.2, -0.15) is 0 Å². The number of ether oxygens (including phenoxy) is 2. The first-order valence-electron chi connectivity index (χ1n) is 5.84. The normalized spacial score (nSPS) is 9.95. The maximum atomic E-state index is 11.1. The van der Waals surface area contributed by atoms with Gasteiger partial charge in [0, 0.05) is 5.56 Å². The first-order valence-corrected chi connectivity index (χ1v) is 5.84. The fraction of sp³-hybridized carbons (Fsp3) is 0.133. The van der Waals surface area contributed by atoms with E-state index in [-0.39, 0.29) is 0 Å². The predicted molar refractivity (Wildman–Crippen MR) is 72.3 cm³/mol. The number of rotatable bonds is 5. The first-order chi connectivity index (χ1) is 9.19. The van der Waals surface area contributed by atoms with Crippen molar-refractivity contribution in [2.45, 2.75) is 6.61 Å². The van der Waals surface area contributed by atoms with Gasteiger partial charge in [0.1, 0.15) is 18.1 Å². The molecular formula is C15H15NO3. The monoisotopic (exact) mass is 257 g/mol. The van der Waals surface area contributed by atoms with Crippen molar-refractivity contribution in [3.05, 3.63) is 59.7 Å². The Morgan fingerprint density at radius 3 is 2.42 bits per heavy atom. The molecule has 2 aromatic rings. The molecule has 0 heterocycles. The first kappa shape index (κ1) is 13.0. The lowest BCUT2D eigenvalue weighted by molar-refractivity contribution is 0.1000. The van der Waals surface area contributed by atoms with E-state index in [0.717, 1.165) is 17.1 Å². The van der Waals surface area contributed by atoms with Gasteiger partial charge in [0.25, 0.3) is 0 Å². The number of nitrogens with two attached hydrogens (primary N) is 1. The van der Waals surface area contributed by atoms with E-state index in [9.17, 15) is 4.79 Å². The Labute approximate surface area is 111 Å². The summed E-state index contributed by atoms with van der Waals surface area (Å²) in [5.41, 5.74) is 6.61. The van der Waals surface area contributed by atoms with Gasteiger partial charge in [-0.05, 0) is 42.0 Å². The summed E-state index contributed by atoms with van der Waals surface area (Å²) >= 11 is 0. The van der Waals surface area contributed by atoms with E-state index in [1.165, 1.54) is 0 Å². The van der Waals surface area contributed by atoms with Gasteiger partial charge in [0.15, 0.2) is 0 Å². The van der Waals surface area contributed by atoms with Gasteiger partial charge < -0.3 is 15.2 Å². The van der Waals surface area contributed by atoms with Crippen molar-refractivity contribution in [1.82, 2.24) is 0 Å². The highest BCUT2D eigenvalue weighted by Gasteiger charge is 2.02. The highest BCUT2D eigenvalue weighted by molar-refractivity contribution is 5.92. The Balaban J connectivity index is 2.01. The molecule has 0 spiro atoms. The maximum absolute atomic E-state index is 11.1. The maximum Gasteiger partial charge on any atom is 0.248 e. The molecule has 0 aliphatic rings. The zero-order chi connectivity index (χ0) is 13.7. The van der Waals surface area contributed by atoms with Crippen LogP contribution in [-0.4, -0.2) is 13.0 Å². The minimum absolute atomic E-state index is 0.382. The third kappa shape index (κ3) is 3.48. The van der Waals surface area contributed by atoms with Crippen molar-refractivity contribution in [3.8, 4) is 11.5 Å². The molecular weight excluding hydrogens is 242 g/mol. The summed E-state index contributed by atoms with van der Waals surface area (Å²) in [5.74, 6) is 1.08. The van der Waals surface area contributed by atoms with Crippen molar-refractivity contribution in [2.24, 2.45) is 5.73 Å². The smallest absolute Gasteiger partial charge is 0.248 e. The molecule has 1 amide bonds. The Morgan fingerprint density at radius 2 is 1.79 bits per heavy atom. The quantitative estimate of drug-likeness (QED) is 0.894. The number of hydrogen-bond donors (Lipinski definition) is 1. The summed E-state index contributed by atoms with van der Waals surface area (Å²) in [5, 5.41) is 0. The van der Waals surface area contributed by atoms with E-state index in [0.29, 0.717) is 12.2 Å². The van der Waals surface area contributed by atoms with Crippen LogP contribution in [0.15, 0.2) is 48.5 Å². The van der Waals surface area contributed by atoms with E-state index in [1.54, 1.807) is 25.3 Å². The van der Waals surface area contributed by atoms with Crippen LogP contribution in [0, 0.1) is 0 Å². The summed E-state index contributed by atoms with van der Waals surface area (Å²) in [4.78, 5) is 11.1. The molecule has 0 aliphatic carbocycles. The zero-order valence-corrected chi connectivity index (χ0v) is 10.6. The molecule has 4 heteroatoms. The number of carbonyl (C=O) groups excluding carboxylic acids is 1. The van der Waals surface area contributed by atoms with Crippen LogP contribution in [0.2, 0.25) is 0 Å². The molecule has 2 rings (SSSR count). The van der Waals surface area contributed by atoms with Crippen LogP contribution in [0.4, 0.5) is 0 Å². The molecule has 4 nitrogen and oxygen atoms in total. The molecule has 0 fully saturated rings. The summed E-state index contributed by atoms with van der Waals surface area (Å²) < 4.78 is 10.7. The average molecular weight is 257 g/mol. The molecule has 0 unspecified atom stereocenters. The van der Waals surface area contributed by atoms with Gasteiger partial charge in [-0.3, -0.25) is 4.79 Å². The van der Waals surface area contributed by atoms with Crippen LogP contribution in [0.1, 0.15) is 15.9 Å². The van der Waals surface area contributed by atoms with Crippen LogP contribution < -0.4 is 15.2 Å². The number of hydrogen-bond acceptors (Lipinski definition) is 3. The van der Waals surface area contributed by atoms with Gasteiger partial charge in [0.05, 0.1) is 7.11 Å². The molecule has 19 heavy (non-hydrogen) atoms. The highest BCUT2D eigenvalue weighted by Crippen LogP contribution is 2.18. The molecule has 0 bridgehead atoms. The summed E-state index contributed by atoms with van der Waals surface area (Å²) in [6.07, 6.45) is 0. The Bertz CT molecular complexity index is 564. The van der Waals surface area contributed by atoms with Crippen LogP contribution in [0.5, 0.6) is 11.5 Å². The van der Waals surface area contributed by atoms with Gasteiger partial charge in [-0.25, -0.2) is 0 Å².